The number of nitrogens with zero attached hydrogens (tertiary/aromatic N) is 7. The van der Waals surface area contributed by atoms with Gasteiger partial charge in [0, 0.05) is 69.5 Å². The van der Waals surface area contributed by atoms with Crippen LogP contribution in [0, 0.1) is 0 Å². The summed E-state index contributed by atoms with van der Waals surface area (Å²) in [5.41, 5.74) is 4.64. The van der Waals surface area contributed by atoms with E-state index in [2.05, 4.69) is 56.2 Å². The monoisotopic (exact) mass is 607 g/mol. The average Bonchev–Trinajstić information content (AvgIpc) is 3.03. The molecule has 2 fully saturated rings. The van der Waals surface area contributed by atoms with Crippen molar-refractivity contribution in [2.45, 2.75) is 51.1 Å². The van der Waals surface area contributed by atoms with Gasteiger partial charge >= 0.3 is 0 Å². The van der Waals surface area contributed by atoms with Crippen molar-refractivity contribution in [3.8, 4) is 0 Å². The number of hydrogen-bond donors (Lipinski definition) is 2. The van der Waals surface area contributed by atoms with Crippen LogP contribution in [0.3, 0.4) is 0 Å². The van der Waals surface area contributed by atoms with E-state index in [0.29, 0.717) is 35.6 Å². The Kier molecular flexibility index (Phi) is 8.37. The van der Waals surface area contributed by atoms with Crippen LogP contribution in [0.4, 0.5) is 17.3 Å². The first-order valence-electron chi connectivity index (χ1n) is 15.5. The molecule has 2 aliphatic heterocycles. The molecule has 2 saturated heterocycles. The van der Waals surface area contributed by atoms with Crippen LogP contribution in [0.15, 0.2) is 61.1 Å². The predicted octanol–water partition coefficient (Wildman–Crippen LogP) is 4.30. The summed E-state index contributed by atoms with van der Waals surface area (Å²) in [6.45, 7) is 9.46. The molecular formula is C34H41N9O2. The van der Waals surface area contributed by atoms with Gasteiger partial charge in [-0.25, -0.2) is 19.9 Å². The minimum absolute atomic E-state index is 0.0156. The normalized spacial score (nSPS) is 19.5. The molecule has 11 nitrogen and oxygen atoms in total. The third-order valence-corrected chi connectivity index (χ3v) is 8.73. The maximum atomic E-state index is 13.1. The molecule has 0 spiro atoms. The number of piperazine rings is 1. The molecule has 2 N–H and O–H groups in total. The van der Waals surface area contributed by atoms with Crippen molar-refractivity contribution in [2.24, 2.45) is 0 Å². The van der Waals surface area contributed by atoms with Gasteiger partial charge < -0.3 is 20.4 Å². The number of piperidine rings is 1. The molecule has 0 radical (unpaired) electrons. The summed E-state index contributed by atoms with van der Waals surface area (Å²) in [5.74, 6) is 1.39. The summed E-state index contributed by atoms with van der Waals surface area (Å²) in [4.78, 5) is 50.5. The SMILES string of the molecule is CN1CCN(C)C(c2ccc(Nc3cc(N4CCC[C@H](NC(=O)c5ccc(C(C)(C)C)cc5)C4)nc4nccnc34)nc2)C1=O. The molecule has 11 heteroatoms. The third kappa shape index (κ3) is 6.58. The maximum Gasteiger partial charge on any atom is 0.251 e. The van der Waals surface area contributed by atoms with Gasteiger partial charge in [-0.2, -0.15) is 0 Å². The number of hydrogen-bond acceptors (Lipinski definition) is 9. The molecule has 3 aromatic heterocycles. The topological polar surface area (TPSA) is 119 Å². The molecule has 0 bridgehead atoms. The molecule has 0 saturated carbocycles. The zero-order valence-corrected chi connectivity index (χ0v) is 26.6. The summed E-state index contributed by atoms with van der Waals surface area (Å²) in [7, 11) is 3.80. The standard InChI is InChI=1S/C34H41N9O2/c1-34(2,3)24-11-8-22(9-12-24)32(44)38-25-7-6-16-43(21-25)28-19-26(29-31(40-28)36-15-14-35-29)39-27-13-10-23(20-37-27)30-33(45)42(5)18-17-41(30)4/h8-15,19-20,25,30H,6-7,16-18,21H2,1-5H3,(H,38,44)(H,36,37,39,40)/t25-,30?/m0/s1. The zero-order valence-electron chi connectivity index (χ0n) is 26.6. The van der Waals surface area contributed by atoms with Crippen LogP contribution in [0.5, 0.6) is 0 Å². The van der Waals surface area contributed by atoms with Gasteiger partial charge in [0.15, 0.2) is 5.65 Å². The van der Waals surface area contributed by atoms with Crippen LogP contribution < -0.4 is 15.5 Å². The Morgan fingerprint density at radius 2 is 1.73 bits per heavy atom. The molecule has 45 heavy (non-hydrogen) atoms. The van der Waals surface area contributed by atoms with Crippen LogP contribution in [0.1, 0.15) is 61.1 Å². The van der Waals surface area contributed by atoms with Crippen LogP contribution in [0.25, 0.3) is 11.2 Å². The predicted molar refractivity (Wildman–Crippen MR) is 176 cm³/mol. The van der Waals surface area contributed by atoms with Gasteiger partial charge in [-0.05, 0) is 54.6 Å². The fourth-order valence-corrected chi connectivity index (χ4v) is 6.01. The summed E-state index contributed by atoms with van der Waals surface area (Å²) >= 11 is 0. The van der Waals surface area contributed by atoms with Gasteiger partial charge in [-0.1, -0.05) is 39.0 Å². The second-order valence-electron chi connectivity index (χ2n) is 13.1. The minimum atomic E-state index is -0.347. The van der Waals surface area contributed by atoms with Gasteiger partial charge in [0.25, 0.3) is 5.91 Å². The van der Waals surface area contributed by atoms with E-state index < -0.39 is 0 Å². The Balaban J connectivity index is 1.19. The first kappa shape index (κ1) is 30.4. The van der Waals surface area contributed by atoms with E-state index in [9.17, 15) is 9.59 Å². The molecule has 2 aliphatic rings. The van der Waals surface area contributed by atoms with E-state index in [-0.39, 0.29) is 29.3 Å². The number of nitrogens with one attached hydrogen (secondary N) is 2. The van der Waals surface area contributed by atoms with E-state index in [4.69, 9.17) is 4.98 Å². The summed E-state index contributed by atoms with van der Waals surface area (Å²) in [5, 5.41) is 6.64. The van der Waals surface area contributed by atoms with Gasteiger partial charge in [0.1, 0.15) is 23.2 Å². The number of carbonyl (C=O) groups is 2. The van der Waals surface area contributed by atoms with Gasteiger partial charge in [-0.3, -0.25) is 14.5 Å². The van der Waals surface area contributed by atoms with E-state index >= 15 is 0 Å². The smallest absolute Gasteiger partial charge is 0.251 e. The second kappa shape index (κ2) is 12.4. The largest absolute Gasteiger partial charge is 0.354 e. The lowest BCUT2D eigenvalue weighted by molar-refractivity contribution is -0.139. The number of benzene rings is 1. The lowest BCUT2D eigenvalue weighted by Gasteiger charge is -2.36. The number of amides is 2. The van der Waals surface area contributed by atoms with E-state index in [1.807, 2.05) is 56.6 Å². The van der Waals surface area contributed by atoms with Crippen molar-refractivity contribution < 1.29 is 9.59 Å². The molecule has 6 rings (SSSR count). The number of pyridine rings is 2. The van der Waals surface area contributed by atoms with Crippen LogP contribution in [-0.2, 0) is 10.2 Å². The lowest BCUT2D eigenvalue weighted by Crippen LogP contribution is -2.49. The van der Waals surface area contributed by atoms with E-state index in [1.165, 1.54) is 5.56 Å². The highest BCUT2D eigenvalue weighted by Gasteiger charge is 2.32. The van der Waals surface area contributed by atoms with E-state index in [0.717, 1.165) is 43.0 Å². The Labute approximate surface area is 264 Å². The van der Waals surface area contributed by atoms with Gasteiger partial charge in [-0.15, -0.1) is 0 Å². The van der Waals surface area contributed by atoms with Crippen LogP contribution >= 0.6 is 0 Å². The number of carbonyl (C=O) groups excluding carboxylic acids is 2. The molecule has 5 heterocycles. The highest BCUT2D eigenvalue weighted by atomic mass is 16.2. The first-order valence-corrected chi connectivity index (χ1v) is 15.5. The maximum absolute atomic E-state index is 13.1. The Bertz CT molecular complexity index is 1690. The number of anilines is 3. The Morgan fingerprint density at radius 1 is 0.956 bits per heavy atom. The fourth-order valence-electron chi connectivity index (χ4n) is 6.01. The molecular weight excluding hydrogens is 566 g/mol. The van der Waals surface area contributed by atoms with Gasteiger partial charge in [0.05, 0.1) is 5.69 Å². The lowest BCUT2D eigenvalue weighted by atomic mass is 9.86. The number of likely N-dealkylation sites (N-methyl/N-ethyl adjacent to an activating group) is 2. The Morgan fingerprint density at radius 3 is 2.47 bits per heavy atom. The zero-order chi connectivity index (χ0) is 31.7. The number of rotatable bonds is 6. The van der Waals surface area contributed by atoms with Crippen LogP contribution in [0.2, 0.25) is 0 Å². The van der Waals surface area contributed by atoms with Crippen molar-refractivity contribution >= 4 is 40.3 Å². The quantitative estimate of drug-likeness (QED) is 0.331. The number of aromatic nitrogens is 4. The molecule has 1 aromatic carbocycles. The summed E-state index contributed by atoms with van der Waals surface area (Å²) < 4.78 is 0. The highest BCUT2D eigenvalue weighted by Crippen LogP contribution is 2.30. The van der Waals surface area contributed by atoms with Crippen molar-refractivity contribution in [1.29, 1.82) is 0 Å². The molecule has 1 unspecified atom stereocenters. The average molecular weight is 608 g/mol. The Hall–Kier alpha value is -4.64. The second-order valence-corrected chi connectivity index (χ2v) is 13.1. The third-order valence-electron chi connectivity index (χ3n) is 8.73. The van der Waals surface area contributed by atoms with Gasteiger partial charge in [0.2, 0.25) is 5.91 Å². The number of fused-ring (bicyclic) bond motifs is 1. The van der Waals surface area contributed by atoms with Crippen molar-refractivity contribution in [3.63, 3.8) is 0 Å². The molecule has 4 aromatic rings. The molecule has 0 aliphatic carbocycles. The minimum Gasteiger partial charge on any atom is -0.354 e. The summed E-state index contributed by atoms with van der Waals surface area (Å²) in [6, 6.07) is 13.3. The van der Waals surface area contributed by atoms with Crippen LogP contribution in [-0.4, -0.2) is 87.9 Å². The first-order chi connectivity index (χ1) is 21.6. The fraction of sp³-hybridized carbons (Fsp3) is 0.412. The van der Waals surface area contributed by atoms with Crippen molar-refractivity contribution in [2.75, 3.05) is 50.5 Å². The molecule has 2 atom stereocenters. The van der Waals surface area contributed by atoms with Crippen molar-refractivity contribution in [3.05, 3.63) is 77.7 Å². The summed E-state index contributed by atoms with van der Waals surface area (Å²) in [6.07, 6.45) is 6.85. The molecule has 234 valence electrons. The van der Waals surface area contributed by atoms with E-state index in [1.54, 1.807) is 23.5 Å². The van der Waals surface area contributed by atoms with Crippen molar-refractivity contribution in [1.82, 2.24) is 35.1 Å². The molecule has 2 amide bonds. The highest BCUT2D eigenvalue weighted by molar-refractivity contribution is 5.94.